The second-order valence-electron chi connectivity index (χ2n) is 6.49. The molecule has 0 bridgehead atoms. The van der Waals surface area contributed by atoms with E-state index in [0.29, 0.717) is 6.42 Å². The van der Waals surface area contributed by atoms with Crippen LogP contribution < -0.4 is 11.5 Å². The number of aliphatic carboxylic acids is 1. The predicted octanol–water partition coefficient (Wildman–Crippen LogP) is 3.67. The Morgan fingerprint density at radius 1 is 0.826 bits per heavy atom. The Morgan fingerprint density at radius 3 is 1.57 bits per heavy atom. The largest absolute Gasteiger partial charge is 0.480 e. The summed E-state index contributed by atoms with van der Waals surface area (Å²) in [6.07, 6.45) is 16.0. The van der Waals surface area contributed by atoms with Crippen LogP contribution in [0.5, 0.6) is 0 Å². The Morgan fingerprint density at radius 2 is 1.22 bits per heavy atom. The molecule has 0 fully saturated rings. The van der Waals surface area contributed by atoms with Gasteiger partial charge in [0, 0.05) is 13.3 Å². The highest BCUT2D eigenvalue weighted by atomic mass is 16.4. The van der Waals surface area contributed by atoms with Gasteiger partial charge in [-0.2, -0.15) is 0 Å². The van der Waals surface area contributed by atoms with E-state index in [4.69, 9.17) is 11.5 Å². The molecule has 0 radical (unpaired) electrons. The van der Waals surface area contributed by atoms with Crippen molar-refractivity contribution in [3.05, 3.63) is 0 Å². The lowest BCUT2D eigenvalue weighted by atomic mass is 10.0. The molecule has 0 saturated heterocycles. The summed E-state index contributed by atoms with van der Waals surface area (Å²) < 4.78 is 0. The minimum atomic E-state index is -0.816. The minimum absolute atomic E-state index is 0.200. The van der Waals surface area contributed by atoms with Crippen molar-refractivity contribution in [3.8, 4) is 0 Å². The summed E-state index contributed by atoms with van der Waals surface area (Å²) in [6.45, 7) is 2.65. The van der Waals surface area contributed by atoms with Crippen LogP contribution in [0, 0.1) is 0 Å². The number of unbranched alkanes of at least 4 members (excludes halogenated alkanes) is 11. The quantitative estimate of drug-likeness (QED) is 0.280. The van der Waals surface area contributed by atoms with Gasteiger partial charge in [-0.15, -0.1) is 0 Å². The van der Waals surface area contributed by atoms with E-state index in [1.165, 1.54) is 64.2 Å². The molecule has 0 aliphatic heterocycles. The van der Waals surface area contributed by atoms with Crippen molar-refractivity contribution in [1.82, 2.24) is 4.90 Å². The maximum absolute atomic E-state index is 11.2. The molecule has 1 atom stereocenters. The Hall–Kier alpha value is -0.650. The number of nitrogens with two attached hydrogens (primary N) is 2. The predicted molar refractivity (Wildman–Crippen MR) is 97.1 cm³/mol. The van der Waals surface area contributed by atoms with Crippen LogP contribution in [0.15, 0.2) is 0 Å². The molecule has 138 valence electrons. The van der Waals surface area contributed by atoms with Gasteiger partial charge < -0.3 is 16.6 Å². The summed E-state index contributed by atoms with van der Waals surface area (Å²) >= 11 is 0. The molecule has 5 N–H and O–H groups in total. The lowest BCUT2D eigenvalue weighted by Crippen LogP contribution is -2.47. The van der Waals surface area contributed by atoms with Crippen LogP contribution in [0.4, 0.5) is 0 Å². The summed E-state index contributed by atoms with van der Waals surface area (Å²) in [5, 5.41) is 9.23. The van der Waals surface area contributed by atoms with Gasteiger partial charge in [-0.05, 0) is 6.42 Å². The summed E-state index contributed by atoms with van der Waals surface area (Å²) in [5.41, 5.74) is 11.1. The molecule has 5 heteroatoms. The van der Waals surface area contributed by atoms with Crippen LogP contribution in [0.25, 0.3) is 0 Å². The van der Waals surface area contributed by atoms with Crippen LogP contribution in [0.3, 0.4) is 0 Å². The Balaban J connectivity index is 3.48. The topological polar surface area (TPSA) is 92.6 Å². The molecule has 0 aromatic rings. The van der Waals surface area contributed by atoms with Crippen molar-refractivity contribution in [1.29, 1.82) is 0 Å². The van der Waals surface area contributed by atoms with E-state index in [-0.39, 0.29) is 13.3 Å². The van der Waals surface area contributed by atoms with Crippen LogP contribution in [-0.4, -0.2) is 35.4 Å². The highest BCUT2D eigenvalue weighted by Crippen LogP contribution is 2.14. The SMILES string of the molecule is CCCCCCCCCCCCCCC(C(=O)O)N(CN)CN. The zero-order chi connectivity index (χ0) is 17.3. The molecule has 1 unspecified atom stereocenters. The van der Waals surface area contributed by atoms with Crippen molar-refractivity contribution in [3.63, 3.8) is 0 Å². The van der Waals surface area contributed by atoms with Crippen molar-refractivity contribution in [2.45, 2.75) is 96.4 Å². The van der Waals surface area contributed by atoms with Crippen LogP contribution in [-0.2, 0) is 4.79 Å². The molecule has 0 saturated carbocycles. The van der Waals surface area contributed by atoms with Gasteiger partial charge in [0.05, 0.1) is 0 Å². The second-order valence-corrected chi connectivity index (χ2v) is 6.49. The smallest absolute Gasteiger partial charge is 0.320 e. The summed E-state index contributed by atoms with van der Waals surface area (Å²) in [5.74, 6) is -0.816. The van der Waals surface area contributed by atoms with Gasteiger partial charge in [0.1, 0.15) is 6.04 Å². The number of hydrogen-bond acceptors (Lipinski definition) is 4. The van der Waals surface area contributed by atoms with Crippen LogP contribution >= 0.6 is 0 Å². The molecule has 23 heavy (non-hydrogen) atoms. The van der Waals surface area contributed by atoms with Gasteiger partial charge in [0.2, 0.25) is 0 Å². The first-order valence-electron chi connectivity index (χ1n) is 9.54. The minimum Gasteiger partial charge on any atom is -0.480 e. The molecule has 5 nitrogen and oxygen atoms in total. The number of carboxylic acids is 1. The van der Waals surface area contributed by atoms with E-state index in [2.05, 4.69) is 6.92 Å². The average molecular weight is 330 g/mol. The Kier molecular flexibility index (Phi) is 15.8. The molecule has 0 aliphatic carbocycles. The number of rotatable bonds is 17. The number of carboxylic acid groups (broad SMARTS) is 1. The van der Waals surface area contributed by atoms with E-state index in [1.807, 2.05) is 0 Å². The average Bonchev–Trinajstić information content (AvgIpc) is 2.54. The second kappa shape index (κ2) is 16.2. The molecule has 0 aromatic heterocycles. The summed E-state index contributed by atoms with van der Waals surface area (Å²) in [6, 6.07) is -0.534. The van der Waals surface area contributed by atoms with Gasteiger partial charge in [-0.1, -0.05) is 84.0 Å². The molecule has 0 amide bonds. The fourth-order valence-corrected chi connectivity index (χ4v) is 2.97. The first kappa shape index (κ1) is 22.4. The number of nitrogens with zero attached hydrogens (tertiary/aromatic N) is 1. The molecular weight excluding hydrogens is 290 g/mol. The monoisotopic (exact) mass is 329 g/mol. The molecule has 0 rings (SSSR count). The third kappa shape index (κ3) is 12.4. The van der Waals surface area contributed by atoms with Gasteiger partial charge in [0.25, 0.3) is 0 Å². The normalized spacial score (nSPS) is 12.7. The molecule has 0 heterocycles. The van der Waals surface area contributed by atoms with E-state index >= 15 is 0 Å². The fourth-order valence-electron chi connectivity index (χ4n) is 2.97. The maximum Gasteiger partial charge on any atom is 0.320 e. The summed E-state index contributed by atoms with van der Waals surface area (Å²) in [7, 11) is 0. The standard InChI is InChI=1S/C18H39N3O2/c1-2-3-4-5-6-7-8-9-10-11-12-13-14-17(18(22)23)21(15-19)16-20/h17H,2-16,19-20H2,1H3,(H,22,23). The molecule has 0 aliphatic rings. The number of carbonyl (C=O) groups is 1. The zero-order valence-corrected chi connectivity index (χ0v) is 15.1. The van der Waals surface area contributed by atoms with Crippen molar-refractivity contribution >= 4 is 5.97 Å². The van der Waals surface area contributed by atoms with E-state index in [9.17, 15) is 9.90 Å². The van der Waals surface area contributed by atoms with Gasteiger partial charge in [0.15, 0.2) is 0 Å². The fraction of sp³-hybridized carbons (Fsp3) is 0.944. The van der Waals surface area contributed by atoms with E-state index in [1.54, 1.807) is 4.90 Å². The van der Waals surface area contributed by atoms with Crippen LogP contribution in [0.1, 0.15) is 90.4 Å². The highest BCUT2D eigenvalue weighted by Gasteiger charge is 2.22. The molecule has 0 aromatic carbocycles. The highest BCUT2D eigenvalue weighted by molar-refractivity contribution is 5.73. The third-order valence-corrected chi connectivity index (χ3v) is 4.53. The van der Waals surface area contributed by atoms with Gasteiger partial charge in [-0.3, -0.25) is 9.69 Å². The Bertz CT molecular complexity index is 271. The Labute approximate surface area is 142 Å². The van der Waals surface area contributed by atoms with Crippen molar-refractivity contribution < 1.29 is 9.90 Å². The zero-order valence-electron chi connectivity index (χ0n) is 15.1. The van der Waals surface area contributed by atoms with E-state index < -0.39 is 12.0 Å². The van der Waals surface area contributed by atoms with Crippen LogP contribution in [0.2, 0.25) is 0 Å². The molecular formula is C18H39N3O2. The first-order valence-corrected chi connectivity index (χ1v) is 9.54. The van der Waals surface area contributed by atoms with Crippen molar-refractivity contribution in [2.75, 3.05) is 13.3 Å². The molecule has 0 spiro atoms. The van der Waals surface area contributed by atoms with E-state index in [0.717, 1.165) is 12.8 Å². The number of hydrogen-bond donors (Lipinski definition) is 3. The van der Waals surface area contributed by atoms with Gasteiger partial charge in [-0.25, -0.2) is 0 Å². The van der Waals surface area contributed by atoms with Crippen molar-refractivity contribution in [2.24, 2.45) is 11.5 Å². The lowest BCUT2D eigenvalue weighted by Gasteiger charge is -2.25. The maximum atomic E-state index is 11.2. The first-order chi connectivity index (χ1) is 11.2. The summed E-state index contributed by atoms with van der Waals surface area (Å²) in [4.78, 5) is 12.9. The third-order valence-electron chi connectivity index (χ3n) is 4.53. The lowest BCUT2D eigenvalue weighted by molar-refractivity contribution is -0.143. The van der Waals surface area contributed by atoms with Gasteiger partial charge >= 0.3 is 5.97 Å².